The largest absolute Gasteiger partial charge is 0.492 e. The summed E-state index contributed by atoms with van der Waals surface area (Å²) in [5.41, 5.74) is 0.547. The second kappa shape index (κ2) is 6.54. The van der Waals surface area contributed by atoms with E-state index in [4.69, 9.17) is 4.74 Å². The van der Waals surface area contributed by atoms with E-state index >= 15 is 0 Å². The number of nitrogens with one attached hydrogen (secondary N) is 1. The third-order valence-electron chi connectivity index (χ3n) is 3.74. The van der Waals surface area contributed by atoms with Crippen molar-refractivity contribution in [2.75, 3.05) is 11.9 Å². The molecule has 1 N–H and O–H groups in total. The topological polar surface area (TPSA) is 21.3 Å². The summed E-state index contributed by atoms with van der Waals surface area (Å²) >= 11 is 0. The molecule has 1 fully saturated rings. The first-order valence-corrected chi connectivity index (χ1v) is 7.15. The molecule has 6 heteroatoms. The van der Waals surface area contributed by atoms with E-state index in [1.54, 1.807) is 6.92 Å². The van der Waals surface area contributed by atoms with Crippen molar-refractivity contribution in [3.05, 3.63) is 24.0 Å². The fraction of sp³-hybridized carbons (Fsp3) is 0.600. The lowest BCUT2D eigenvalue weighted by Gasteiger charge is -2.32. The minimum atomic E-state index is -4.15. The summed E-state index contributed by atoms with van der Waals surface area (Å²) in [5.74, 6) is -1.35. The van der Waals surface area contributed by atoms with Crippen LogP contribution in [0.4, 0.5) is 23.2 Å². The predicted molar refractivity (Wildman–Crippen MR) is 73.0 cm³/mol. The molecular weight excluding hydrogens is 286 g/mol. The van der Waals surface area contributed by atoms with Crippen molar-refractivity contribution < 1.29 is 22.3 Å². The number of halogens is 4. The van der Waals surface area contributed by atoms with Gasteiger partial charge in [-0.25, -0.2) is 4.39 Å². The van der Waals surface area contributed by atoms with Gasteiger partial charge in [0, 0.05) is 12.1 Å². The lowest BCUT2D eigenvalue weighted by molar-refractivity contribution is -0.182. The number of anilines is 1. The molecule has 2 unspecified atom stereocenters. The van der Waals surface area contributed by atoms with Gasteiger partial charge in [-0.15, -0.1) is 0 Å². The van der Waals surface area contributed by atoms with Gasteiger partial charge in [0.15, 0.2) is 0 Å². The van der Waals surface area contributed by atoms with Gasteiger partial charge in [-0.05, 0) is 38.3 Å². The Morgan fingerprint density at radius 1 is 1.29 bits per heavy atom. The molecule has 0 aliphatic heterocycles. The molecule has 1 aliphatic rings. The summed E-state index contributed by atoms with van der Waals surface area (Å²) < 4.78 is 57.0. The molecule has 2 nitrogen and oxygen atoms in total. The van der Waals surface area contributed by atoms with Crippen molar-refractivity contribution in [1.82, 2.24) is 0 Å². The number of rotatable bonds is 4. The van der Waals surface area contributed by atoms with Crippen LogP contribution < -0.4 is 10.1 Å². The van der Waals surface area contributed by atoms with Gasteiger partial charge < -0.3 is 10.1 Å². The standard InChI is InChI=1S/C15H19F4NO/c1-2-21-14-9-11(16)6-7-13(14)20-12-5-3-4-10(8-12)15(17,18)19/h6-7,9-10,12,20H,2-5,8H2,1H3. The molecule has 1 aromatic rings. The fourth-order valence-corrected chi connectivity index (χ4v) is 2.73. The maximum atomic E-state index is 13.2. The second-order valence-corrected chi connectivity index (χ2v) is 5.32. The van der Waals surface area contributed by atoms with Crippen LogP contribution in [0.5, 0.6) is 5.75 Å². The summed E-state index contributed by atoms with van der Waals surface area (Å²) in [4.78, 5) is 0. The van der Waals surface area contributed by atoms with Crippen molar-refractivity contribution in [2.45, 2.75) is 44.8 Å². The number of hydrogen-bond acceptors (Lipinski definition) is 2. The first-order valence-electron chi connectivity index (χ1n) is 7.15. The molecule has 0 spiro atoms. The van der Waals surface area contributed by atoms with E-state index in [0.717, 1.165) is 0 Å². The van der Waals surface area contributed by atoms with Crippen LogP contribution >= 0.6 is 0 Å². The molecule has 1 aliphatic carbocycles. The number of alkyl halides is 3. The highest BCUT2D eigenvalue weighted by Gasteiger charge is 2.42. The van der Waals surface area contributed by atoms with Crippen LogP contribution in [-0.4, -0.2) is 18.8 Å². The van der Waals surface area contributed by atoms with Crippen LogP contribution in [0.2, 0.25) is 0 Å². The van der Waals surface area contributed by atoms with E-state index < -0.39 is 17.9 Å². The highest BCUT2D eigenvalue weighted by molar-refractivity contribution is 5.57. The van der Waals surface area contributed by atoms with Crippen LogP contribution in [0.1, 0.15) is 32.6 Å². The molecule has 2 atom stereocenters. The molecule has 0 bridgehead atoms. The minimum absolute atomic E-state index is 0.0481. The average molecular weight is 305 g/mol. The molecule has 0 amide bonds. The molecule has 0 heterocycles. The molecular formula is C15H19F4NO. The summed E-state index contributed by atoms with van der Waals surface area (Å²) in [6.45, 7) is 2.14. The Balaban J connectivity index is 2.07. The molecule has 0 radical (unpaired) electrons. The highest BCUT2D eigenvalue weighted by Crippen LogP contribution is 2.39. The Morgan fingerprint density at radius 2 is 2.05 bits per heavy atom. The molecule has 0 aromatic heterocycles. The van der Waals surface area contributed by atoms with Crippen LogP contribution in [0.3, 0.4) is 0 Å². The Hall–Kier alpha value is -1.46. The zero-order chi connectivity index (χ0) is 15.5. The van der Waals surface area contributed by atoms with Crippen LogP contribution in [0.15, 0.2) is 18.2 Å². The molecule has 118 valence electrons. The Morgan fingerprint density at radius 3 is 2.71 bits per heavy atom. The summed E-state index contributed by atoms with van der Waals surface area (Å²) in [6, 6.07) is 3.76. The maximum absolute atomic E-state index is 13.2. The number of hydrogen-bond donors (Lipinski definition) is 1. The lowest BCUT2D eigenvalue weighted by Crippen LogP contribution is -2.34. The fourth-order valence-electron chi connectivity index (χ4n) is 2.73. The van der Waals surface area contributed by atoms with Crippen LogP contribution in [0, 0.1) is 11.7 Å². The zero-order valence-corrected chi connectivity index (χ0v) is 11.8. The van der Waals surface area contributed by atoms with Crippen LogP contribution in [0.25, 0.3) is 0 Å². The van der Waals surface area contributed by atoms with Crippen molar-refractivity contribution in [3.8, 4) is 5.75 Å². The third-order valence-corrected chi connectivity index (χ3v) is 3.74. The number of ether oxygens (including phenoxy) is 1. The molecule has 1 aromatic carbocycles. The third kappa shape index (κ3) is 4.25. The molecule has 1 saturated carbocycles. The Labute approximate surface area is 121 Å². The lowest BCUT2D eigenvalue weighted by atomic mass is 9.85. The number of benzene rings is 1. The van der Waals surface area contributed by atoms with E-state index in [1.807, 2.05) is 0 Å². The first-order chi connectivity index (χ1) is 9.90. The summed E-state index contributed by atoms with van der Waals surface area (Å²) in [6.07, 6.45) is -2.70. The minimum Gasteiger partial charge on any atom is -0.492 e. The van der Waals surface area contributed by atoms with Gasteiger partial charge >= 0.3 is 6.18 Å². The summed E-state index contributed by atoms with van der Waals surface area (Å²) in [7, 11) is 0. The predicted octanol–water partition coefficient (Wildman–Crippen LogP) is 4.76. The Bertz CT molecular complexity index is 475. The van der Waals surface area contributed by atoms with Gasteiger partial charge in [0.05, 0.1) is 18.2 Å². The maximum Gasteiger partial charge on any atom is 0.391 e. The van der Waals surface area contributed by atoms with E-state index in [0.29, 0.717) is 30.9 Å². The quantitative estimate of drug-likeness (QED) is 0.810. The molecule has 2 rings (SSSR count). The van der Waals surface area contributed by atoms with Gasteiger partial charge in [-0.1, -0.05) is 6.42 Å². The SMILES string of the molecule is CCOc1cc(F)ccc1NC1CCCC(C(F)(F)F)C1. The summed E-state index contributed by atoms with van der Waals surface area (Å²) in [5, 5.41) is 3.07. The zero-order valence-electron chi connectivity index (χ0n) is 11.8. The van der Waals surface area contributed by atoms with Gasteiger partial charge in [0.2, 0.25) is 0 Å². The van der Waals surface area contributed by atoms with E-state index in [1.165, 1.54) is 18.2 Å². The highest BCUT2D eigenvalue weighted by atomic mass is 19.4. The van der Waals surface area contributed by atoms with Crippen molar-refractivity contribution >= 4 is 5.69 Å². The van der Waals surface area contributed by atoms with Crippen molar-refractivity contribution in [1.29, 1.82) is 0 Å². The molecule has 0 saturated heterocycles. The van der Waals surface area contributed by atoms with Crippen LogP contribution in [-0.2, 0) is 0 Å². The van der Waals surface area contributed by atoms with Crippen molar-refractivity contribution in [2.24, 2.45) is 5.92 Å². The normalized spacial score (nSPS) is 22.9. The average Bonchev–Trinajstić information content (AvgIpc) is 2.42. The monoisotopic (exact) mass is 305 g/mol. The smallest absolute Gasteiger partial charge is 0.391 e. The van der Waals surface area contributed by atoms with Gasteiger partial charge in [0.1, 0.15) is 11.6 Å². The van der Waals surface area contributed by atoms with Gasteiger partial charge in [-0.3, -0.25) is 0 Å². The Kier molecular flexibility index (Phi) is 4.96. The molecule has 21 heavy (non-hydrogen) atoms. The van der Waals surface area contributed by atoms with E-state index in [-0.39, 0.29) is 18.9 Å². The first kappa shape index (κ1) is 15.9. The van der Waals surface area contributed by atoms with E-state index in [2.05, 4.69) is 5.32 Å². The van der Waals surface area contributed by atoms with Gasteiger partial charge in [0.25, 0.3) is 0 Å². The van der Waals surface area contributed by atoms with E-state index in [9.17, 15) is 17.6 Å². The second-order valence-electron chi connectivity index (χ2n) is 5.32. The van der Waals surface area contributed by atoms with Gasteiger partial charge in [-0.2, -0.15) is 13.2 Å². The van der Waals surface area contributed by atoms with Crippen molar-refractivity contribution in [3.63, 3.8) is 0 Å².